The lowest BCUT2D eigenvalue weighted by Gasteiger charge is -2.33. The van der Waals surface area contributed by atoms with Crippen molar-refractivity contribution in [2.24, 2.45) is 0 Å². The summed E-state index contributed by atoms with van der Waals surface area (Å²) in [6.45, 7) is 4.81. The van der Waals surface area contributed by atoms with Gasteiger partial charge < -0.3 is 19.9 Å². The Kier molecular flexibility index (Phi) is 7.22. The van der Waals surface area contributed by atoms with Crippen LogP contribution in [0.4, 0.5) is 10.6 Å². The van der Waals surface area contributed by atoms with Crippen LogP contribution in [0.5, 0.6) is 0 Å². The van der Waals surface area contributed by atoms with Crippen LogP contribution in [0.15, 0.2) is 24.0 Å². The van der Waals surface area contributed by atoms with Crippen LogP contribution >= 0.6 is 0 Å². The molecular formula is C20H29N5O3. The van der Waals surface area contributed by atoms with Crippen LogP contribution in [0.2, 0.25) is 0 Å². The molecule has 0 saturated carbocycles. The number of amides is 2. The zero-order valence-electron chi connectivity index (χ0n) is 16.5. The Morgan fingerprint density at radius 2 is 1.93 bits per heavy atom. The highest BCUT2D eigenvalue weighted by molar-refractivity contribution is 5.93. The van der Waals surface area contributed by atoms with E-state index in [0.717, 1.165) is 13.0 Å². The van der Waals surface area contributed by atoms with E-state index in [1.165, 1.54) is 37.6 Å². The minimum atomic E-state index is -0.323. The second-order valence-electron chi connectivity index (χ2n) is 7.05. The summed E-state index contributed by atoms with van der Waals surface area (Å²) >= 11 is 0. The van der Waals surface area contributed by atoms with Gasteiger partial charge in [-0.1, -0.05) is 11.6 Å². The molecule has 2 amide bonds. The molecule has 1 aliphatic carbocycles. The Morgan fingerprint density at radius 3 is 2.64 bits per heavy atom. The number of aromatic nitrogens is 2. The maximum atomic E-state index is 12.7. The van der Waals surface area contributed by atoms with Gasteiger partial charge in [-0.3, -0.25) is 4.79 Å². The van der Waals surface area contributed by atoms with Crippen molar-refractivity contribution < 1.29 is 14.3 Å². The van der Waals surface area contributed by atoms with Crippen LogP contribution in [0, 0.1) is 0 Å². The SMILES string of the molecule is CCOC(=O)N1CCN(C(=O)c2cc(NCCC3=CCCCC3)ncn2)CC1. The number of rotatable bonds is 6. The van der Waals surface area contributed by atoms with E-state index in [2.05, 4.69) is 21.4 Å². The molecule has 3 rings (SSSR count). The lowest BCUT2D eigenvalue weighted by atomic mass is 9.97. The topological polar surface area (TPSA) is 87.7 Å². The number of piperazine rings is 1. The molecule has 8 nitrogen and oxygen atoms in total. The fourth-order valence-corrected chi connectivity index (χ4v) is 3.52. The summed E-state index contributed by atoms with van der Waals surface area (Å²) in [5.74, 6) is 0.531. The van der Waals surface area contributed by atoms with Crippen molar-refractivity contribution >= 4 is 17.8 Å². The van der Waals surface area contributed by atoms with Crippen LogP contribution in [-0.4, -0.2) is 71.1 Å². The molecule has 1 aromatic heterocycles. The van der Waals surface area contributed by atoms with Crippen molar-refractivity contribution in [2.45, 2.75) is 39.0 Å². The largest absolute Gasteiger partial charge is 0.450 e. The van der Waals surface area contributed by atoms with Crippen LogP contribution in [0.3, 0.4) is 0 Å². The van der Waals surface area contributed by atoms with E-state index >= 15 is 0 Å². The van der Waals surface area contributed by atoms with Crippen molar-refractivity contribution in [1.82, 2.24) is 19.8 Å². The van der Waals surface area contributed by atoms with Crippen LogP contribution < -0.4 is 5.32 Å². The second-order valence-corrected chi connectivity index (χ2v) is 7.05. The third-order valence-electron chi connectivity index (χ3n) is 5.12. The minimum absolute atomic E-state index is 0.135. The quantitative estimate of drug-likeness (QED) is 0.755. The number of allylic oxidation sites excluding steroid dienone is 1. The van der Waals surface area contributed by atoms with E-state index in [1.54, 1.807) is 22.8 Å². The van der Waals surface area contributed by atoms with Gasteiger partial charge in [0.2, 0.25) is 0 Å². The molecule has 0 unspecified atom stereocenters. The first kappa shape index (κ1) is 20.1. The lowest BCUT2D eigenvalue weighted by Crippen LogP contribution is -2.50. The van der Waals surface area contributed by atoms with E-state index in [4.69, 9.17) is 4.74 Å². The molecule has 0 atom stereocenters. The molecule has 0 spiro atoms. The monoisotopic (exact) mass is 387 g/mol. The Morgan fingerprint density at radius 1 is 1.14 bits per heavy atom. The summed E-state index contributed by atoms with van der Waals surface area (Å²) in [6.07, 6.45) is 9.39. The molecule has 0 radical (unpaired) electrons. The normalized spacial score (nSPS) is 17.1. The molecule has 1 saturated heterocycles. The predicted octanol–water partition coefficient (Wildman–Crippen LogP) is 2.69. The summed E-state index contributed by atoms with van der Waals surface area (Å²) < 4.78 is 5.01. The number of hydrogen-bond acceptors (Lipinski definition) is 6. The molecule has 152 valence electrons. The molecule has 2 heterocycles. The van der Waals surface area contributed by atoms with Gasteiger partial charge in [0.15, 0.2) is 0 Å². The number of ether oxygens (including phenoxy) is 1. The first-order valence-electron chi connectivity index (χ1n) is 10.1. The average molecular weight is 387 g/mol. The first-order chi connectivity index (χ1) is 13.7. The highest BCUT2D eigenvalue weighted by atomic mass is 16.6. The second kappa shape index (κ2) is 10.1. The lowest BCUT2D eigenvalue weighted by molar-refractivity contribution is 0.0566. The molecule has 0 aromatic carbocycles. The van der Waals surface area contributed by atoms with Crippen LogP contribution in [0.1, 0.15) is 49.5 Å². The maximum Gasteiger partial charge on any atom is 0.409 e. The van der Waals surface area contributed by atoms with Crippen molar-refractivity contribution in [1.29, 1.82) is 0 Å². The number of anilines is 1. The van der Waals surface area contributed by atoms with Gasteiger partial charge in [-0.15, -0.1) is 0 Å². The molecule has 1 N–H and O–H groups in total. The summed E-state index contributed by atoms with van der Waals surface area (Å²) in [5.41, 5.74) is 1.88. The highest BCUT2D eigenvalue weighted by Gasteiger charge is 2.26. The summed E-state index contributed by atoms with van der Waals surface area (Å²) in [4.78, 5) is 36.2. The van der Waals surface area contributed by atoms with Gasteiger partial charge in [0.25, 0.3) is 5.91 Å². The Hall–Kier alpha value is -2.64. The van der Waals surface area contributed by atoms with Crippen molar-refractivity contribution in [3.05, 3.63) is 29.7 Å². The van der Waals surface area contributed by atoms with Crippen molar-refractivity contribution in [3.8, 4) is 0 Å². The average Bonchev–Trinajstić information content (AvgIpc) is 2.74. The summed E-state index contributed by atoms with van der Waals surface area (Å²) in [7, 11) is 0. The molecule has 0 bridgehead atoms. The summed E-state index contributed by atoms with van der Waals surface area (Å²) in [6, 6.07) is 1.70. The Labute approximate surface area is 166 Å². The van der Waals surface area contributed by atoms with Gasteiger partial charge in [0.05, 0.1) is 6.61 Å². The molecule has 1 aromatic rings. The molecule has 1 aliphatic heterocycles. The third-order valence-corrected chi connectivity index (χ3v) is 5.12. The van der Waals surface area contributed by atoms with E-state index in [1.807, 2.05) is 0 Å². The van der Waals surface area contributed by atoms with E-state index in [0.29, 0.717) is 44.3 Å². The Bertz CT molecular complexity index is 714. The molecule has 28 heavy (non-hydrogen) atoms. The minimum Gasteiger partial charge on any atom is -0.450 e. The van der Waals surface area contributed by atoms with Crippen LogP contribution in [0.25, 0.3) is 0 Å². The predicted molar refractivity (Wildman–Crippen MR) is 106 cm³/mol. The van der Waals surface area contributed by atoms with Gasteiger partial charge in [-0.25, -0.2) is 14.8 Å². The molecule has 2 aliphatic rings. The number of carbonyl (C=O) groups is 2. The van der Waals surface area contributed by atoms with E-state index in [-0.39, 0.29) is 12.0 Å². The highest BCUT2D eigenvalue weighted by Crippen LogP contribution is 2.20. The third kappa shape index (κ3) is 5.43. The molecule has 1 fully saturated rings. The maximum absolute atomic E-state index is 12.7. The van der Waals surface area contributed by atoms with Gasteiger partial charge in [-0.2, -0.15) is 0 Å². The first-order valence-corrected chi connectivity index (χ1v) is 10.1. The Balaban J connectivity index is 1.50. The smallest absolute Gasteiger partial charge is 0.409 e. The fourth-order valence-electron chi connectivity index (χ4n) is 3.52. The number of hydrogen-bond donors (Lipinski definition) is 1. The zero-order valence-corrected chi connectivity index (χ0v) is 16.5. The van der Waals surface area contributed by atoms with Gasteiger partial charge in [-0.05, 0) is 39.0 Å². The standard InChI is InChI=1S/C20H29N5O3/c1-2-28-20(27)25-12-10-24(11-13-25)19(26)17-14-18(23-15-22-17)21-9-8-16-6-4-3-5-7-16/h6,14-15H,2-5,7-13H2,1H3,(H,21,22,23). The van der Waals surface area contributed by atoms with Crippen molar-refractivity contribution in [3.63, 3.8) is 0 Å². The number of carbonyl (C=O) groups excluding carboxylic acids is 2. The van der Waals surface area contributed by atoms with Crippen LogP contribution in [-0.2, 0) is 4.74 Å². The van der Waals surface area contributed by atoms with Crippen molar-refractivity contribution in [2.75, 3.05) is 44.6 Å². The molecular weight excluding hydrogens is 358 g/mol. The van der Waals surface area contributed by atoms with Gasteiger partial charge in [0.1, 0.15) is 17.8 Å². The van der Waals surface area contributed by atoms with E-state index in [9.17, 15) is 9.59 Å². The fraction of sp³-hybridized carbons (Fsp3) is 0.600. The van der Waals surface area contributed by atoms with Gasteiger partial charge in [0, 0.05) is 38.8 Å². The summed E-state index contributed by atoms with van der Waals surface area (Å²) in [5, 5.41) is 3.29. The number of nitrogens with one attached hydrogen (secondary N) is 1. The molecule has 8 heteroatoms. The number of nitrogens with zero attached hydrogens (tertiary/aromatic N) is 4. The van der Waals surface area contributed by atoms with E-state index < -0.39 is 0 Å². The zero-order chi connectivity index (χ0) is 19.8. The van der Waals surface area contributed by atoms with Gasteiger partial charge >= 0.3 is 6.09 Å².